The molecule has 2 aliphatic rings. The number of carbonyl (C=O) groups is 1. The molecule has 4 aromatic carbocycles. The van der Waals surface area contributed by atoms with Crippen LogP contribution in [0.2, 0.25) is 0 Å². The van der Waals surface area contributed by atoms with Crippen LogP contribution >= 0.6 is 31.9 Å². The minimum absolute atomic E-state index is 0.0296. The fraction of sp³-hybridized carbons (Fsp3) is 0.278. The number of aromatic nitrogens is 2. The lowest BCUT2D eigenvalue weighted by Crippen LogP contribution is -2.28. The van der Waals surface area contributed by atoms with Crippen LogP contribution < -0.4 is 20.5 Å². The van der Waals surface area contributed by atoms with Crippen LogP contribution in [0.5, 0.6) is 23.0 Å². The van der Waals surface area contributed by atoms with E-state index in [1.54, 1.807) is 6.07 Å². The number of carbonyl (C=O) groups excluding carboxylic acids is 1. The highest BCUT2D eigenvalue weighted by atomic mass is 79.9. The van der Waals surface area contributed by atoms with E-state index in [-0.39, 0.29) is 11.8 Å². The molecule has 0 atom stereocenters. The van der Waals surface area contributed by atoms with Crippen molar-refractivity contribution in [2.45, 2.75) is 31.6 Å². The third kappa shape index (κ3) is 8.34. The van der Waals surface area contributed by atoms with E-state index in [0.29, 0.717) is 42.0 Å². The Morgan fingerprint density at radius 2 is 1.32 bits per heavy atom. The predicted molar refractivity (Wildman–Crippen MR) is 190 cm³/mol. The monoisotopic (exact) mass is 762 g/mol. The summed E-state index contributed by atoms with van der Waals surface area (Å²) in [5.74, 6) is 4.11. The summed E-state index contributed by atoms with van der Waals surface area (Å²) in [5.41, 5.74) is 9.03. The number of rotatable bonds is 7. The van der Waals surface area contributed by atoms with Gasteiger partial charge in [0.25, 0.3) is 0 Å². The number of nitrogens with zero attached hydrogens (tertiary/aromatic N) is 1. The van der Waals surface area contributed by atoms with Gasteiger partial charge in [-0.1, -0.05) is 36.4 Å². The molecule has 0 unspecified atom stereocenters. The second-order valence-corrected chi connectivity index (χ2v) is 13.0. The van der Waals surface area contributed by atoms with Crippen LogP contribution in [0.1, 0.15) is 37.4 Å². The maximum Gasteiger partial charge on any atom is 0.227 e. The van der Waals surface area contributed by atoms with Gasteiger partial charge in [0.15, 0.2) is 11.5 Å². The Kier molecular flexibility index (Phi) is 11.1. The minimum atomic E-state index is -0.0414. The molecule has 5 aromatic rings. The number of hydrogen-bond donors (Lipinski definition) is 3. The molecule has 3 heterocycles. The Hall–Kier alpha value is -3.90. The zero-order valence-corrected chi connectivity index (χ0v) is 28.9. The van der Waals surface area contributed by atoms with Crippen molar-refractivity contribution in [1.29, 1.82) is 0 Å². The van der Waals surface area contributed by atoms with Crippen LogP contribution in [0.15, 0.2) is 93.9 Å². The molecular formula is C36H36Br2N4O5. The molecule has 2 saturated heterocycles. The molecule has 0 radical (unpaired) electrons. The quantitative estimate of drug-likeness (QED) is 0.141. The number of halogens is 2. The number of amides is 1. The summed E-state index contributed by atoms with van der Waals surface area (Å²) in [6.45, 7) is 2.85. The number of anilines is 2. The molecule has 244 valence electrons. The summed E-state index contributed by atoms with van der Waals surface area (Å²) >= 11 is 7.03. The third-order valence-corrected chi connectivity index (χ3v) is 9.36. The van der Waals surface area contributed by atoms with Crippen LogP contribution in [-0.4, -0.2) is 42.3 Å². The second kappa shape index (κ2) is 15.8. The standard InChI is InChI=1S/C18H19BrN2O3.C18H17BrN2O2/c19-14-6-7-15(21-18(22)12-8-10-23-11-9-12)16(20)17(14)24-13-4-2-1-3-5-13;19-14-6-7-15-16(17(14)23-13-4-2-1-3-5-13)21-18(20-15)12-8-10-22-11-9-12/h1-7,12H,8-11,20H2,(H,21,22);1-7,12H,8-11H2,(H,20,21). The molecule has 9 nitrogen and oxygen atoms in total. The van der Waals surface area contributed by atoms with Gasteiger partial charge in [-0.05, 0) is 106 Å². The van der Waals surface area contributed by atoms with Gasteiger partial charge in [-0.3, -0.25) is 4.79 Å². The first kappa shape index (κ1) is 33.0. The molecule has 2 fully saturated rings. The largest absolute Gasteiger partial charge is 0.454 e. The molecule has 1 amide bonds. The van der Waals surface area contributed by atoms with Crippen LogP contribution in [0.4, 0.5) is 11.4 Å². The number of para-hydroxylation sites is 2. The van der Waals surface area contributed by atoms with E-state index < -0.39 is 0 Å². The molecule has 2 aliphatic heterocycles. The first-order chi connectivity index (χ1) is 23.0. The van der Waals surface area contributed by atoms with E-state index in [1.807, 2.05) is 78.9 Å². The summed E-state index contributed by atoms with van der Waals surface area (Å²) in [6, 6.07) is 26.8. The van der Waals surface area contributed by atoms with E-state index in [2.05, 4.69) is 42.2 Å². The fourth-order valence-electron chi connectivity index (χ4n) is 5.50. The maximum atomic E-state index is 12.4. The van der Waals surface area contributed by atoms with Crippen molar-refractivity contribution in [3.8, 4) is 23.0 Å². The van der Waals surface area contributed by atoms with Gasteiger partial charge in [0.2, 0.25) is 5.91 Å². The number of ether oxygens (including phenoxy) is 4. The fourth-order valence-corrected chi connectivity index (χ4v) is 6.33. The minimum Gasteiger partial charge on any atom is -0.454 e. The van der Waals surface area contributed by atoms with E-state index in [1.165, 1.54) is 0 Å². The summed E-state index contributed by atoms with van der Waals surface area (Å²) in [4.78, 5) is 20.7. The Bertz CT molecular complexity index is 1790. The van der Waals surface area contributed by atoms with E-state index in [4.69, 9.17) is 29.7 Å². The van der Waals surface area contributed by atoms with Gasteiger partial charge < -0.3 is 35.0 Å². The van der Waals surface area contributed by atoms with E-state index in [9.17, 15) is 4.79 Å². The van der Waals surface area contributed by atoms with Gasteiger partial charge >= 0.3 is 0 Å². The van der Waals surface area contributed by atoms with Crippen LogP contribution in [0.25, 0.3) is 11.0 Å². The zero-order valence-electron chi connectivity index (χ0n) is 25.7. The number of benzene rings is 4. The highest BCUT2D eigenvalue weighted by Crippen LogP contribution is 2.40. The summed E-state index contributed by atoms with van der Waals surface area (Å²) in [5, 5.41) is 2.91. The Labute approximate surface area is 290 Å². The van der Waals surface area contributed by atoms with Gasteiger partial charge in [0, 0.05) is 38.3 Å². The van der Waals surface area contributed by atoms with Crippen molar-refractivity contribution in [3.05, 3.63) is 99.7 Å². The normalized spacial score (nSPS) is 15.4. The molecule has 0 aliphatic carbocycles. The Balaban J connectivity index is 0.000000164. The van der Waals surface area contributed by atoms with Crippen molar-refractivity contribution in [3.63, 3.8) is 0 Å². The van der Waals surface area contributed by atoms with Crippen molar-refractivity contribution in [2.75, 3.05) is 37.5 Å². The molecule has 0 bridgehead atoms. The second-order valence-electron chi connectivity index (χ2n) is 11.3. The topological polar surface area (TPSA) is 121 Å². The average molecular weight is 765 g/mol. The number of imidazole rings is 1. The predicted octanol–water partition coefficient (Wildman–Crippen LogP) is 9.20. The molecule has 0 saturated carbocycles. The lowest BCUT2D eigenvalue weighted by Gasteiger charge is -2.22. The Morgan fingerprint density at radius 3 is 1.96 bits per heavy atom. The SMILES string of the molecule is Brc1ccc2[nH]c(C3CCOCC3)nc2c1Oc1ccccc1.Nc1c(NC(=O)C2CCOCC2)ccc(Br)c1Oc1ccccc1. The number of aromatic amines is 1. The van der Waals surface area contributed by atoms with Crippen LogP contribution in [-0.2, 0) is 14.3 Å². The Morgan fingerprint density at radius 1 is 0.766 bits per heavy atom. The number of nitrogens with two attached hydrogens (primary N) is 1. The number of hydrogen-bond acceptors (Lipinski definition) is 7. The van der Waals surface area contributed by atoms with E-state index >= 15 is 0 Å². The molecule has 1 aromatic heterocycles. The van der Waals surface area contributed by atoms with Crippen molar-refractivity contribution < 1.29 is 23.7 Å². The van der Waals surface area contributed by atoms with E-state index in [0.717, 1.165) is 76.2 Å². The van der Waals surface area contributed by atoms with Crippen molar-refractivity contribution in [1.82, 2.24) is 9.97 Å². The van der Waals surface area contributed by atoms with Gasteiger partial charge in [-0.2, -0.15) is 0 Å². The summed E-state index contributed by atoms with van der Waals surface area (Å²) in [6.07, 6.45) is 3.48. The zero-order chi connectivity index (χ0) is 32.6. The molecule has 11 heteroatoms. The highest BCUT2D eigenvalue weighted by molar-refractivity contribution is 9.11. The van der Waals surface area contributed by atoms with Crippen molar-refractivity contribution in [2.24, 2.45) is 5.92 Å². The van der Waals surface area contributed by atoms with Crippen molar-refractivity contribution >= 4 is 60.2 Å². The lowest BCUT2D eigenvalue weighted by molar-refractivity contribution is -0.122. The first-order valence-electron chi connectivity index (χ1n) is 15.6. The smallest absolute Gasteiger partial charge is 0.227 e. The summed E-state index contributed by atoms with van der Waals surface area (Å²) in [7, 11) is 0. The molecule has 47 heavy (non-hydrogen) atoms. The van der Waals surface area contributed by atoms with Crippen LogP contribution in [0.3, 0.4) is 0 Å². The lowest BCUT2D eigenvalue weighted by atomic mass is 9.99. The number of fused-ring (bicyclic) bond motifs is 1. The molecule has 4 N–H and O–H groups in total. The maximum absolute atomic E-state index is 12.4. The first-order valence-corrected chi connectivity index (χ1v) is 17.2. The number of nitrogens with one attached hydrogen (secondary N) is 2. The average Bonchev–Trinajstić information content (AvgIpc) is 3.56. The highest BCUT2D eigenvalue weighted by Gasteiger charge is 2.24. The molecule has 7 rings (SSSR count). The number of H-pyrrole nitrogens is 1. The van der Waals surface area contributed by atoms with Gasteiger partial charge in [-0.15, -0.1) is 0 Å². The van der Waals surface area contributed by atoms with Gasteiger partial charge in [0.05, 0.1) is 25.8 Å². The van der Waals surface area contributed by atoms with Gasteiger partial charge in [-0.25, -0.2) is 4.98 Å². The number of nitrogen functional groups attached to an aromatic ring is 1. The summed E-state index contributed by atoms with van der Waals surface area (Å²) < 4.78 is 24.3. The van der Waals surface area contributed by atoms with Crippen LogP contribution in [0, 0.1) is 5.92 Å². The van der Waals surface area contributed by atoms with Gasteiger partial charge in [0.1, 0.15) is 22.8 Å². The molecule has 0 spiro atoms. The molecular weight excluding hydrogens is 728 g/mol. The third-order valence-electron chi connectivity index (χ3n) is 8.11.